The summed E-state index contributed by atoms with van der Waals surface area (Å²) in [5, 5.41) is 6.97. The molecule has 0 aromatic heterocycles. The standard InChI is InChI=1S/C20H26Cl2N3O4P/c1-3-28-30(27,29-4-2)13-12-24-16-10-5-6-11-17(16)25-19(20(23)26)18-14(21)8-7-9-15(18)22/h5-11,19,24-25H,3-4,12-13H2,1-2H3,(H2,23,26). The first-order valence-corrected chi connectivity index (χ1v) is 12.0. The molecule has 0 bridgehead atoms. The van der Waals surface area contributed by atoms with Crippen molar-refractivity contribution in [3.63, 3.8) is 0 Å². The Morgan fingerprint density at radius 2 is 1.60 bits per heavy atom. The van der Waals surface area contributed by atoms with E-state index >= 15 is 0 Å². The molecule has 7 nitrogen and oxygen atoms in total. The lowest BCUT2D eigenvalue weighted by Gasteiger charge is -2.22. The van der Waals surface area contributed by atoms with E-state index in [4.69, 9.17) is 38.0 Å². The number of primary amides is 1. The van der Waals surface area contributed by atoms with Gasteiger partial charge in [-0.15, -0.1) is 0 Å². The van der Waals surface area contributed by atoms with Gasteiger partial charge in [-0.05, 0) is 38.1 Å². The molecular formula is C20H26Cl2N3O4P. The first-order chi connectivity index (χ1) is 14.3. The third-order valence-electron chi connectivity index (χ3n) is 4.15. The van der Waals surface area contributed by atoms with Crippen LogP contribution in [0.25, 0.3) is 0 Å². The molecule has 1 unspecified atom stereocenters. The van der Waals surface area contributed by atoms with Gasteiger partial charge in [0.05, 0.1) is 30.8 Å². The van der Waals surface area contributed by atoms with Crippen LogP contribution in [0.15, 0.2) is 42.5 Å². The van der Waals surface area contributed by atoms with Gasteiger partial charge in [0.1, 0.15) is 6.04 Å². The molecule has 0 radical (unpaired) electrons. The molecule has 1 atom stereocenters. The summed E-state index contributed by atoms with van der Waals surface area (Å²) < 4.78 is 23.2. The average Bonchev–Trinajstić information content (AvgIpc) is 2.68. The highest BCUT2D eigenvalue weighted by Crippen LogP contribution is 2.47. The highest BCUT2D eigenvalue weighted by Gasteiger charge is 2.25. The number of hydrogen-bond acceptors (Lipinski definition) is 6. The Morgan fingerprint density at radius 3 is 2.13 bits per heavy atom. The lowest BCUT2D eigenvalue weighted by molar-refractivity contribution is -0.118. The molecular weight excluding hydrogens is 448 g/mol. The van der Waals surface area contributed by atoms with E-state index in [0.29, 0.717) is 46.7 Å². The number of rotatable bonds is 12. The Bertz CT molecular complexity index is 883. The van der Waals surface area contributed by atoms with Crippen molar-refractivity contribution in [3.8, 4) is 0 Å². The SMILES string of the molecule is CCOP(=O)(CCNc1ccccc1NC(C(N)=O)c1c(Cl)cccc1Cl)OCC. The van der Waals surface area contributed by atoms with Gasteiger partial charge in [0.25, 0.3) is 0 Å². The molecule has 10 heteroatoms. The van der Waals surface area contributed by atoms with Gasteiger partial charge in [0, 0.05) is 22.2 Å². The Hall–Kier alpha value is -1.76. The third kappa shape index (κ3) is 6.62. The highest BCUT2D eigenvalue weighted by molar-refractivity contribution is 7.53. The van der Waals surface area contributed by atoms with E-state index in [1.165, 1.54) is 0 Å². The Balaban J connectivity index is 2.19. The summed E-state index contributed by atoms with van der Waals surface area (Å²) in [7, 11) is -3.17. The molecule has 0 heterocycles. The highest BCUT2D eigenvalue weighted by atomic mass is 35.5. The number of hydrogen-bond donors (Lipinski definition) is 3. The monoisotopic (exact) mass is 473 g/mol. The van der Waals surface area contributed by atoms with Crippen LogP contribution in [0.1, 0.15) is 25.5 Å². The topological polar surface area (TPSA) is 103 Å². The molecule has 0 aliphatic rings. The molecule has 1 amide bonds. The summed E-state index contributed by atoms with van der Waals surface area (Å²) in [5.41, 5.74) is 7.32. The zero-order valence-corrected chi connectivity index (χ0v) is 19.3. The fourth-order valence-electron chi connectivity index (χ4n) is 2.88. The fraction of sp³-hybridized carbons (Fsp3) is 0.350. The molecule has 4 N–H and O–H groups in total. The van der Waals surface area contributed by atoms with Gasteiger partial charge in [-0.3, -0.25) is 9.36 Å². The first-order valence-electron chi connectivity index (χ1n) is 9.52. The van der Waals surface area contributed by atoms with Gasteiger partial charge < -0.3 is 25.4 Å². The van der Waals surface area contributed by atoms with Crippen LogP contribution in [0.5, 0.6) is 0 Å². The minimum absolute atomic E-state index is 0.193. The van der Waals surface area contributed by atoms with Gasteiger partial charge in [-0.2, -0.15) is 0 Å². The van der Waals surface area contributed by atoms with Crippen LogP contribution in [0, 0.1) is 0 Å². The summed E-state index contributed by atoms with van der Waals surface area (Å²) in [4.78, 5) is 12.2. The Morgan fingerprint density at radius 1 is 1.03 bits per heavy atom. The number of carbonyl (C=O) groups excluding carboxylic acids is 1. The predicted octanol–water partition coefficient (Wildman–Crippen LogP) is 5.31. The zero-order valence-electron chi connectivity index (χ0n) is 16.9. The summed E-state index contributed by atoms with van der Waals surface area (Å²) in [6.45, 7) is 4.47. The lowest BCUT2D eigenvalue weighted by Crippen LogP contribution is -2.28. The molecule has 164 valence electrons. The van der Waals surface area contributed by atoms with Crippen molar-refractivity contribution in [1.82, 2.24) is 0 Å². The van der Waals surface area contributed by atoms with E-state index in [1.807, 2.05) is 18.2 Å². The average molecular weight is 474 g/mol. The predicted molar refractivity (Wildman–Crippen MR) is 123 cm³/mol. The maximum Gasteiger partial charge on any atom is 0.332 e. The van der Waals surface area contributed by atoms with E-state index in [9.17, 15) is 9.36 Å². The van der Waals surface area contributed by atoms with Gasteiger partial charge in [0.15, 0.2) is 0 Å². The summed E-state index contributed by atoms with van der Waals surface area (Å²) in [5.74, 6) is -0.628. The van der Waals surface area contributed by atoms with E-state index in [-0.39, 0.29) is 6.16 Å². The summed E-state index contributed by atoms with van der Waals surface area (Å²) in [6.07, 6.45) is 0.193. The molecule has 2 rings (SSSR count). The van der Waals surface area contributed by atoms with Gasteiger partial charge in [0.2, 0.25) is 5.91 Å². The van der Waals surface area contributed by atoms with Crippen molar-refractivity contribution in [2.75, 3.05) is 36.6 Å². The second-order valence-corrected chi connectivity index (χ2v) is 9.26. The molecule has 30 heavy (non-hydrogen) atoms. The third-order valence-corrected chi connectivity index (χ3v) is 6.89. The molecule has 0 aliphatic carbocycles. The second kappa shape index (κ2) is 11.6. The van der Waals surface area contributed by atoms with E-state index in [2.05, 4.69) is 10.6 Å². The molecule has 0 fully saturated rings. The minimum atomic E-state index is -3.17. The van der Waals surface area contributed by atoms with E-state index in [1.54, 1.807) is 38.1 Å². The number of halogens is 2. The molecule has 2 aromatic carbocycles. The number of amides is 1. The van der Waals surface area contributed by atoms with Crippen molar-refractivity contribution in [3.05, 3.63) is 58.1 Å². The van der Waals surface area contributed by atoms with Crippen molar-refractivity contribution in [1.29, 1.82) is 0 Å². The van der Waals surface area contributed by atoms with Gasteiger partial charge in [-0.1, -0.05) is 41.4 Å². The molecule has 0 aliphatic heterocycles. The second-order valence-electron chi connectivity index (χ2n) is 6.26. The number of benzene rings is 2. The zero-order chi connectivity index (χ0) is 22.1. The summed E-state index contributed by atoms with van der Waals surface area (Å²) >= 11 is 12.5. The van der Waals surface area contributed by atoms with Crippen molar-refractivity contribution in [2.45, 2.75) is 19.9 Å². The first kappa shape index (κ1) is 24.5. The Labute approximate surface area is 186 Å². The van der Waals surface area contributed by atoms with E-state index < -0.39 is 19.5 Å². The molecule has 0 saturated heterocycles. The maximum absolute atomic E-state index is 12.6. The van der Waals surface area contributed by atoms with Crippen molar-refractivity contribution < 1.29 is 18.4 Å². The number of anilines is 2. The molecule has 0 spiro atoms. The van der Waals surface area contributed by atoms with Crippen LogP contribution in [-0.2, 0) is 18.4 Å². The van der Waals surface area contributed by atoms with E-state index in [0.717, 1.165) is 0 Å². The number of para-hydroxylation sites is 2. The van der Waals surface area contributed by atoms with Crippen LogP contribution in [-0.4, -0.2) is 31.8 Å². The largest absolute Gasteiger partial charge is 0.383 e. The van der Waals surface area contributed by atoms with Crippen LogP contribution >= 0.6 is 30.8 Å². The maximum atomic E-state index is 12.6. The van der Waals surface area contributed by atoms with Gasteiger partial charge in [-0.25, -0.2) is 0 Å². The molecule has 0 saturated carbocycles. The van der Waals surface area contributed by atoms with Crippen LogP contribution < -0.4 is 16.4 Å². The lowest BCUT2D eigenvalue weighted by atomic mass is 10.1. The van der Waals surface area contributed by atoms with Gasteiger partial charge >= 0.3 is 7.60 Å². The van der Waals surface area contributed by atoms with Crippen LogP contribution in [0.2, 0.25) is 10.0 Å². The number of carbonyl (C=O) groups is 1. The number of nitrogens with one attached hydrogen (secondary N) is 2. The van der Waals surface area contributed by atoms with Crippen LogP contribution in [0.3, 0.4) is 0 Å². The fourth-order valence-corrected chi connectivity index (χ4v) is 5.00. The van der Waals surface area contributed by atoms with Crippen molar-refractivity contribution >= 4 is 48.1 Å². The van der Waals surface area contributed by atoms with Crippen LogP contribution in [0.4, 0.5) is 11.4 Å². The quantitative estimate of drug-likeness (QED) is 0.361. The smallest absolute Gasteiger partial charge is 0.332 e. The Kier molecular flexibility index (Phi) is 9.46. The normalized spacial score (nSPS) is 12.4. The van der Waals surface area contributed by atoms with Crippen molar-refractivity contribution in [2.24, 2.45) is 5.73 Å². The minimum Gasteiger partial charge on any atom is -0.383 e. The summed E-state index contributed by atoms with van der Waals surface area (Å²) in [6, 6.07) is 11.3. The molecule has 2 aromatic rings. The number of nitrogens with two attached hydrogens (primary N) is 1.